The minimum atomic E-state index is -0.379. The van der Waals surface area contributed by atoms with E-state index in [1.54, 1.807) is 26.4 Å². The number of anilines is 1. The third-order valence-corrected chi connectivity index (χ3v) is 6.62. The summed E-state index contributed by atoms with van der Waals surface area (Å²) < 4.78 is 3.34. The zero-order chi connectivity index (χ0) is 20.0. The van der Waals surface area contributed by atoms with Gasteiger partial charge in [0.25, 0.3) is 5.56 Å². The molecule has 1 saturated heterocycles. The average Bonchev–Trinajstić information content (AvgIpc) is 3.13. The van der Waals surface area contributed by atoms with Gasteiger partial charge in [-0.3, -0.25) is 19.2 Å². The Morgan fingerprint density at radius 3 is 2.46 bits per heavy atom. The summed E-state index contributed by atoms with van der Waals surface area (Å²) in [5.74, 6) is 0.162. The number of hydrogen-bond donors (Lipinski definition) is 0. The molecule has 2 heterocycles. The first kappa shape index (κ1) is 19.2. The predicted molar refractivity (Wildman–Crippen MR) is 115 cm³/mol. The first-order chi connectivity index (χ1) is 13.4. The maximum Gasteiger partial charge on any atom is 0.295 e. The van der Waals surface area contributed by atoms with Crippen LogP contribution in [0.1, 0.15) is 16.6 Å². The Kier molecular flexibility index (Phi) is 5.04. The lowest BCUT2D eigenvalue weighted by Gasteiger charge is -2.24. The van der Waals surface area contributed by atoms with Crippen molar-refractivity contribution >= 4 is 46.6 Å². The van der Waals surface area contributed by atoms with E-state index in [2.05, 4.69) is 0 Å². The second kappa shape index (κ2) is 7.35. The number of para-hydroxylation sites is 1. The average molecular weight is 434 g/mol. The van der Waals surface area contributed by atoms with E-state index in [9.17, 15) is 9.59 Å². The molecule has 0 radical (unpaired) electrons. The molecule has 144 valence electrons. The summed E-state index contributed by atoms with van der Waals surface area (Å²) in [7, 11) is 1.81. The SMILES string of the molecule is Cc1c(N2C(=O)CS[C@H]2c2ccc(Cl)cc2Cl)c(=O)n(-c2ccccc2)n1C. The maximum absolute atomic E-state index is 13.3. The normalized spacial score (nSPS) is 16.8. The van der Waals surface area contributed by atoms with E-state index < -0.39 is 0 Å². The van der Waals surface area contributed by atoms with Crippen molar-refractivity contribution < 1.29 is 4.79 Å². The van der Waals surface area contributed by atoms with Crippen molar-refractivity contribution in [3.05, 3.63) is 80.2 Å². The molecule has 2 aromatic carbocycles. The highest BCUT2D eigenvalue weighted by Crippen LogP contribution is 2.44. The van der Waals surface area contributed by atoms with Crippen LogP contribution in [0.3, 0.4) is 0 Å². The van der Waals surface area contributed by atoms with Gasteiger partial charge in [0.1, 0.15) is 11.1 Å². The number of hydrogen-bond acceptors (Lipinski definition) is 3. The molecule has 3 aromatic rings. The van der Waals surface area contributed by atoms with Crippen molar-refractivity contribution in [1.29, 1.82) is 0 Å². The monoisotopic (exact) mass is 433 g/mol. The van der Waals surface area contributed by atoms with E-state index in [1.807, 2.05) is 50.4 Å². The maximum atomic E-state index is 13.3. The highest BCUT2D eigenvalue weighted by Gasteiger charge is 2.39. The van der Waals surface area contributed by atoms with Crippen molar-refractivity contribution in [3.63, 3.8) is 0 Å². The highest BCUT2D eigenvalue weighted by atomic mass is 35.5. The van der Waals surface area contributed by atoms with Gasteiger partial charge in [0.2, 0.25) is 5.91 Å². The second-order valence-corrected chi connectivity index (χ2v) is 8.42. The fourth-order valence-electron chi connectivity index (χ4n) is 3.43. The van der Waals surface area contributed by atoms with Gasteiger partial charge in [-0.2, -0.15) is 0 Å². The molecule has 0 N–H and O–H groups in total. The zero-order valence-electron chi connectivity index (χ0n) is 15.2. The molecule has 1 amide bonds. The van der Waals surface area contributed by atoms with E-state index in [0.717, 1.165) is 11.3 Å². The first-order valence-electron chi connectivity index (χ1n) is 8.62. The minimum Gasteiger partial charge on any atom is -0.288 e. The molecular weight excluding hydrogens is 417 g/mol. The Balaban J connectivity index is 1.88. The number of halogens is 2. The Morgan fingerprint density at radius 1 is 1.07 bits per heavy atom. The number of carbonyl (C=O) groups is 1. The van der Waals surface area contributed by atoms with Gasteiger partial charge < -0.3 is 0 Å². The molecule has 8 heteroatoms. The van der Waals surface area contributed by atoms with Crippen molar-refractivity contribution in [2.24, 2.45) is 7.05 Å². The van der Waals surface area contributed by atoms with E-state index >= 15 is 0 Å². The lowest BCUT2D eigenvalue weighted by Crippen LogP contribution is -2.33. The summed E-state index contributed by atoms with van der Waals surface area (Å²) in [6, 6.07) is 14.6. The van der Waals surface area contributed by atoms with E-state index in [1.165, 1.54) is 11.8 Å². The van der Waals surface area contributed by atoms with Crippen LogP contribution in [0.25, 0.3) is 5.69 Å². The molecule has 1 aliphatic rings. The molecule has 1 fully saturated rings. The summed E-state index contributed by atoms with van der Waals surface area (Å²) in [4.78, 5) is 27.7. The number of thioether (sulfide) groups is 1. The first-order valence-corrected chi connectivity index (χ1v) is 10.4. The molecule has 0 aliphatic carbocycles. The molecule has 0 saturated carbocycles. The number of rotatable bonds is 3. The largest absolute Gasteiger partial charge is 0.295 e. The van der Waals surface area contributed by atoms with Crippen LogP contribution in [0, 0.1) is 6.92 Å². The topological polar surface area (TPSA) is 47.2 Å². The minimum absolute atomic E-state index is 0.118. The Labute approximate surface area is 176 Å². The summed E-state index contributed by atoms with van der Waals surface area (Å²) in [6.07, 6.45) is 0. The summed E-state index contributed by atoms with van der Waals surface area (Å²) in [5.41, 5.74) is 2.34. The third-order valence-electron chi connectivity index (χ3n) is 4.86. The predicted octanol–water partition coefficient (Wildman–Crippen LogP) is 4.57. The summed E-state index contributed by atoms with van der Waals surface area (Å²) in [6.45, 7) is 1.84. The molecule has 1 aliphatic heterocycles. The van der Waals surface area contributed by atoms with Crippen LogP contribution >= 0.6 is 35.0 Å². The standard InChI is InChI=1S/C20H17Cl2N3O2S/c1-12-18(19(27)25(23(12)2)14-6-4-3-5-7-14)24-17(26)11-28-20(24)15-9-8-13(21)10-16(15)22/h3-10,20H,11H2,1-2H3/t20-/m0/s1. The van der Waals surface area contributed by atoms with Crippen LogP contribution < -0.4 is 10.5 Å². The molecule has 28 heavy (non-hydrogen) atoms. The fraction of sp³-hybridized carbons (Fsp3) is 0.200. The molecular formula is C20H17Cl2N3O2S. The van der Waals surface area contributed by atoms with Crippen LogP contribution in [0.5, 0.6) is 0 Å². The van der Waals surface area contributed by atoms with Gasteiger partial charge in [0, 0.05) is 22.7 Å². The fourth-order valence-corrected chi connectivity index (χ4v) is 5.20. The van der Waals surface area contributed by atoms with Gasteiger partial charge >= 0.3 is 0 Å². The lowest BCUT2D eigenvalue weighted by atomic mass is 10.2. The van der Waals surface area contributed by atoms with Crippen molar-refractivity contribution in [2.75, 3.05) is 10.7 Å². The van der Waals surface area contributed by atoms with Crippen LogP contribution in [0.15, 0.2) is 53.3 Å². The molecule has 5 nitrogen and oxygen atoms in total. The third kappa shape index (κ3) is 3.05. The Morgan fingerprint density at radius 2 is 1.79 bits per heavy atom. The highest BCUT2D eigenvalue weighted by molar-refractivity contribution is 8.00. The van der Waals surface area contributed by atoms with Gasteiger partial charge in [-0.1, -0.05) is 47.5 Å². The zero-order valence-corrected chi connectivity index (χ0v) is 17.6. The number of carbonyl (C=O) groups excluding carboxylic acids is 1. The van der Waals surface area contributed by atoms with Crippen molar-refractivity contribution in [1.82, 2.24) is 9.36 Å². The van der Waals surface area contributed by atoms with E-state index in [4.69, 9.17) is 23.2 Å². The number of aromatic nitrogens is 2. The summed E-state index contributed by atoms with van der Waals surface area (Å²) >= 11 is 13.9. The van der Waals surface area contributed by atoms with Gasteiger partial charge in [-0.15, -0.1) is 11.8 Å². The van der Waals surface area contributed by atoms with E-state index in [0.29, 0.717) is 21.4 Å². The molecule has 0 bridgehead atoms. The van der Waals surface area contributed by atoms with Gasteiger partial charge in [0.15, 0.2) is 0 Å². The number of benzene rings is 2. The van der Waals surface area contributed by atoms with Crippen LogP contribution in [-0.2, 0) is 11.8 Å². The molecule has 1 atom stereocenters. The summed E-state index contributed by atoms with van der Waals surface area (Å²) in [5, 5.41) is 0.619. The van der Waals surface area contributed by atoms with Crippen LogP contribution in [0.2, 0.25) is 10.0 Å². The van der Waals surface area contributed by atoms with Crippen molar-refractivity contribution in [3.8, 4) is 5.69 Å². The lowest BCUT2D eigenvalue weighted by molar-refractivity contribution is -0.115. The van der Waals surface area contributed by atoms with Crippen LogP contribution in [-0.4, -0.2) is 21.0 Å². The van der Waals surface area contributed by atoms with Crippen molar-refractivity contribution in [2.45, 2.75) is 12.3 Å². The second-order valence-electron chi connectivity index (χ2n) is 6.50. The molecule has 0 spiro atoms. The van der Waals surface area contributed by atoms with Gasteiger partial charge in [-0.05, 0) is 31.2 Å². The quantitative estimate of drug-likeness (QED) is 0.607. The molecule has 1 aromatic heterocycles. The Hall–Kier alpha value is -2.15. The van der Waals surface area contributed by atoms with Gasteiger partial charge in [-0.25, -0.2) is 4.68 Å². The Bertz CT molecular complexity index is 1120. The van der Waals surface area contributed by atoms with E-state index in [-0.39, 0.29) is 22.6 Å². The number of amides is 1. The van der Waals surface area contributed by atoms with Gasteiger partial charge in [0.05, 0.1) is 17.1 Å². The molecule has 4 rings (SSSR count). The number of nitrogens with zero attached hydrogens (tertiary/aromatic N) is 3. The molecule has 0 unspecified atom stereocenters. The van der Waals surface area contributed by atoms with Crippen LogP contribution in [0.4, 0.5) is 5.69 Å². The smallest absolute Gasteiger partial charge is 0.288 e.